The maximum Gasteiger partial charge on any atom is 0.427 e. The molecule has 0 radical (unpaired) electrons. The van der Waals surface area contributed by atoms with Crippen molar-refractivity contribution in [3.8, 4) is 0 Å². The number of H-pyrrole nitrogens is 1. The van der Waals surface area contributed by atoms with Crippen LogP contribution < -0.4 is 16.7 Å². The summed E-state index contributed by atoms with van der Waals surface area (Å²) in [5, 5.41) is 0.295. The van der Waals surface area contributed by atoms with Crippen molar-refractivity contribution in [1.82, 2.24) is 9.66 Å². The average Bonchev–Trinajstić information content (AvgIpc) is 2.32. The summed E-state index contributed by atoms with van der Waals surface area (Å²) in [7, 11) is 0. The van der Waals surface area contributed by atoms with Crippen molar-refractivity contribution >= 4 is 17.0 Å². The molecule has 0 saturated carbocycles. The van der Waals surface area contributed by atoms with E-state index in [1.165, 1.54) is 0 Å². The second-order valence-electron chi connectivity index (χ2n) is 5.23. The van der Waals surface area contributed by atoms with E-state index in [1.807, 2.05) is 0 Å². The molecule has 2 N–H and O–H groups in total. The zero-order valence-electron chi connectivity index (χ0n) is 11.4. The monoisotopic (exact) mass is 277 g/mol. The van der Waals surface area contributed by atoms with Crippen molar-refractivity contribution in [2.24, 2.45) is 0 Å². The second kappa shape index (κ2) is 4.84. The summed E-state index contributed by atoms with van der Waals surface area (Å²) in [6.07, 6.45) is -0.875. The third kappa shape index (κ3) is 2.87. The first-order valence-electron chi connectivity index (χ1n) is 6.02. The van der Waals surface area contributed by atoms with Gasteiger partial charge in [0.15, 0.2) is 0 Å². The number of para-hydroxylation sites is 1. The van der Waals surface area contributed by atoms with Crippen LogP contribution in [0.2, 0.25) is 0 Å². The predicted octanol–water partition coefficient (Wildman–Crippen LogP) is 1.17. The lowest BCUT2D eigenvalue weighted by Gasteiger charge is -2.19. The zero-order chi connectivity index (χ0) is 14.9. The molecule has 7 nitrogen and oxygen atoms in total. The maximum atomic E-state index is 12.1. The first kappa shape index (κ1) is 13.9. The summed E-state index contributed by atoms with van der Waals surface area (Å²) in [4.78, 5) is 38.0. The van der Waals surface area contributed by atoms with Crippen LogP contribution in [0.3, 0.4) is 0 Å². The van der Waals surface area contributed by atoms with Gasteiger partial charge in [-0.1, -0.05) is 12.1 Å². The molecule has 0 fully saturated rings. The van der Waals surface area contributed by atoms with Gasteiger partial charge < -0.3 is 9.72 Å². The summed E-state index contributed by atoms with van der Waals surface area (Å²) in [6.45, 7) is 5.04. The van der Waals surface area contributed by atoms with Gasteiger partial charge in [0, 0.05) is 0 Å². The quantitative estimate of drug-likeness (QED) is 0.818. The Morgan fingerprint density at radius 1 is 1.25 bits per heavy atom. The van der Waals surface area contributed by atoms with E-state index in [-0.39, 0.29) is 0 Å². The Balaban J connectivity index is 2.43. The van der Waals surface area contributed by atoms with Crippen molar-refractivity contribution in [3.05, 3.63) is 45.1 Å². The third-order valence-electron chi connectivity index (χ3n) is 2.41. The van der Waals surface area contributed by atoms with Crippen molar-refractivity contribution < 1.29 is 9.53 Å². The molecule has 0 saturated heterocycles. The summed E-state index contributed by atoms with van der Waals surface area (Å²) >= 11 is 0. The first-order valence-corrected chi connectivity index (χ1v) is 6.02. The molecule has 1 heterocycles. The van der Waals surface area contributed by atoms with Gasteiger partial charge in [-0.15, -0.1) is 0 Å². The molecular formula is C13H15N3O4. The minimum Gasteiger partial charge on any atom is -0.443 e. The molecule has 106 valence electrons. The highest BCUT2D eigenvalue weighted by atomic mass is 16.6. The number of fused-ring (bicyclic) bond motifs is 1. The number of rotatable bonds is 1. The van der Waals surface area contributed by atoms with E-state index in [4.69, 9.17) is 4.74 Å². The van der Waals surface area contributed by atoms with Crippen LogP contribution in [-0.4, -0.2) is 21.4 Å². The van der Waals surface area contributed by atoms with Crippen LogP contribution in [0.1, 0.15) is 20.8 Å². The van der Waals surface area contributed by atoms with Gasteiger partial charge >= 0.3 is 11.8 Å². The Hall–Kier alpha value is -2.57. The van der Waals surface area contributed by atoms with Gasteiger partial charge in [0.25, 0.3) is 5.56 Å². The minimum absolute atomic E-state index is 0.295. The Bertz CT molecular complexity index is 768. The fourth-order valence-corrected chi connectivity index (χ4v) is 1.66. The van der Waals surface area contributed by atoms with E-state index >= 15 is 0 Å². The van der Waals surface area contributed by atoms with Crippen LogP contribution in [0.15, 0.2) is 33.9 Å². The fourth-order valence-electron chi connectivity index (χ4n) is 1.66. The number of carbonyl (C=O) groups is 1. The number of hydrogen-bond acceptors (Lipinski definition) is 4. The molecule has 1 amide bonds. The smallest absolute Gasteiger partial charge is 0.427 e. The van der Waals surface area contributed by atoms with Gasteiger partial charge in [-0.25, -0.2) is 15.0 Å². The first-order chi connectivity index (χ1) is 9.28. The molecule has 0 aliphatic heterocycles. The van der Waals surface area contributed by atoms with Gasteiger partial charge in [0.1, 0.15) is 5.60 Å². The lowest BCUT2D eigenvalue weighted by atomic mass is 10.2. The standard InChI is InChI=1S/C13H15N3O4/c1-13(2,3)20-12(19)15-16-10(17)8-6-4-5-7-9(8)14-11(16)18/h4-7H,1-3H3,(H,14,18)(H,15,19). The topological polar surface area (TPSA) is 93.2 Å². The van der Waals surface area contributed by atoms with Gasteiger partial charge in [0.2, 0.25) is 0 Å². The lowest BCUT2D eigenvalue weighted by Crippen LogP contribution is -2.45. The normalized spacial score (nSPS) is 11.3. The van der Waals surface area contributed by atoms with Crippen molar-refractivity contribution in [3.63, 3.8) is 0 Å². The minimum atomic E-state index is -0.875. The molecular weight excluding hydrogens is 262 g/mol. The van der Waals surface area contributed by atoms with Crippen molar-refractivity contribution in [1.29, 1.82) is 0 Å². The average molecular weight is 277 g/mol. The molecule has 0 spiro atoms. The number of benzene rings is 1. The van der Waals surface area contributed by atoms with Crippen LogP contribution >= 0.6 is 0 Å². The second-order valence-corrected chi connectivity index (χ2v) is 5.23. The van der Waals surface area contributed by atoms with E-state index in [2.05, 4.69) is 10.4 Å². The molecule has 2 rings (SSSR count). The van der Waals surface area contributed by atoms with Crippen LogP contribution in [0.25, 0.3) is 10.9 Å². The van der Waals surface area contributed by atoms with E-state index in [0.29, 0.717) is 15.6 Å². The molecule has 0 atom stereocenters. The molecule has 1 aromatic carbocycles. The van der Waals surface area contributed by atoms with Crippen LogP contribution in [0, 0.1) is 0 Å². The number of ether oxygens (including phenoxy) is 1. The highest BCUT2D eigenvalue weighted by Gasteiger charge is 2.18. The van der Waals surface area contributed by atoms with Gasteiger partial charge in [-0.3, -0.25) is 4.79 Å². The molecule has 20 heavy (non-hydrogen) atoms. The van der Waals surface area contributed by atoms with Gasteiger partial charge in [0.05, 0.1) is 10.9 Å². The van der Waals surface area contributed by atoms with Gasteiger partial charge in [-0.05, 0) is 32.9 Å². The molecule has 0 aliphatic carbocycles. The van der Waals surface area contributed by atoms with E-state index in [0.717, 1.165) is 0 Å². The fraction of sp³-hybridized carbons (Fsp3) is 0.308. The summed E-state index contributed by atoms with van der Waals surface area (Å²) in [5.41, 5.74) is 0.457. The Labute approximate surface area is 114 Å². The molecule has 7 heteroatoms. The molecule has 1 aromatic heterocycles. The SMILES string of the molecule is CC(C)(C)OC(=O)Nn1c(=O)[nH]c2ccccc2c1=O. The Morgan fingerprint density at radius 3 is 2.55 bits per heavy atom. The number of carbonyl (C=O) groups excluding carboxylic acids is 1. The van der Waals surface area contributed by atoms with Crippen molar-refractivity contribution in [2.75, 3.05) is 5.43 Å². The number of aromatic amines is 1. The molecule has 0 aliphatic rings. The van der Waals surface area contributed by atoms with Gasteiger partial charge in [-0.2, -0.15) is 4.68 Å². The molecule has 0 unspecified atom stereocenters. The highest BCUT2D eigenvalue weighted by Crippen LogP contribution is 2.07. The number of aromatic nitrogens is 2. The predicted molar refractivity (Wildman–Crippen MR) is 74.4 cm³/mol. The third-order valence-corrected chi connectivity index (χ3v) is 2.41. The Kier molecular flexibility index (Phi) is 3.35. The summed E-state index contributed by atoms with van der Waals surface area (Å²) < 4.78 is 5.59. The van der Waals surface area contributed by atoms with E-state index in [9.17, 15) is 14.4 Å². The summed E-state index contributed by atoms with van der Waals surface area (Å²) in [5.74, 6) is 0. The zero-order valence-corrected chi connectivity index (χ0v) is 11.4. The van der Waals surface area contributed by atoms with Crippen molar-refractivity contribution in [2.45, 2.75) is 26.4 Å². The lowest BCUT2D eigenvalue weighted by molar-refractivity contribution is 0.0611. The van der Waals surface area contributed by atoms with Crippen LogP contribution in [-0.2, 0) is 4.74 Å². The van der Waals surface area contributed by atoms with E-state index < -0.39 is 22.9 Å². The Morgan fingerprint density at radius 2 is 1.90 bits per heavy atom. The largest absolute Gasteiger partial charge is 0.443 e. The molecule has 0 bridgehead atoms. The van der Waals surface area contributed by atoms with Crippen LogP contribution in [0.4, 0.5) is 4.79 Å². The number of hydrogen-bond donors (Lipinski definition) is 2. The number of nitrogens with one attached hydrogen (secondary N) is 2. The van der Waals surface area contributed by atoms with Crippen LogP contribution in [0.5, 0.6) is 0 Å². The maximum absolute atomic E-state index is 12.1. The summed E-state index contributed by atoms with van der Waals surface area (Å²) in [6, 6.07) is 6.53. The van der Waals surface area contributed by atoms with E-state index in [1.54, 1.807) is 45.0 Å². The number of nitrogens with zero attached hydrogens (tertiary/aromatic N) is 1. The highest BCUT2D eigenvalue weighted by molar-refractivity contribution is 5.79. The molecule has 2 aromatic rings. The number of amides is 1.